The lowest BCUT2D eigenvalue weighted by Gasteiger charge is -2.22. The Hall–Kier alpha value is -0.0800. The summed E-state index contributed by atoms with van der Waals surface area (Å²) in [4.78, 5) is 0. The molecule has 0 rings (SSSR count). The Morgan fingerprint density at radius 3 is 2.14 bits per heavy atom. The van der Waals surface area contributed by atoms with Crippen LogP contribution in [0.15, 0.2) is 0 Å². The number of hydrogen-bond acceptors (Lipinski definition) is 2. The Balaban J connectivity index is 3.60. The maximum atomic E-state index is 9.22. The Morgan fingerprint density at radius 2 is 1.71 bits per heavy atom. The topological polar surface area (TPSA) is 32.3 Å². The molecule has 0 fully saturated rings. The van der Waals surface area contributed by atoms with Crippen molar-refractivity contribution in [2.45, 2.75) is 59.6 Å². The Morgan fingerprint density at radius 1 is 1.14 bits per heavy atom. The van der Waals surface area contributed by atoms with Crippen LogP contribution in [0.1, 0.15) is 47.5 Å². The molecule has 2 nitrogen and oxygen atoms in total. The summed E-state index contributed by atoms with van der Waals surface area (Å²) >= 11 is 0. The van der Waals surface area contributed by atoms with Gasteiger partial charge in [0, 0.05) is 6.04 Å². The van der Waals surface area contributed by atoms with E-state index in [1.165, 1.54) is 6.42 Å². The molecule has 0 aromatic heterocycles. The number of aliphatic hydroxyl groups is 1. The van der Waals surface area contributed by atoms with E-state index >= 15 is 0 Å². The lowest BCUT2D eigenvalue weighted by atomic mass is 9.99. The number of nitrogens with one attached hydrogen (secondary N) is 1. The number of rotatable bonds is 7. The predicted octanol–water partition coefficient (Wildman–Crippen LogP) is 2.42. The van der Waals surface area contributed by atoms with E-state index in [-0.39, 0.29) is 6.10 Å². The van der Waals surface area contributed by atoms with Crippen molar-refractivity contribution >= 4 is 0 Å². The SMILES string of the molecule is CCC(C)C(C)NCC(C)CC(C)O. The highest BCUT2D eigenvalue weighted by Crippen LogP contribution is 2.09. The third-order valence-electron chi connectivity index (χ3n) is 3.03. The van der Waals surface area contributed by atoms with Crippen molar-refractivity contribution in [3.63, 3.8) is 0 Å². The minimum Gasteiger partial charge on any atom is -0.393 e. The van der Waals surface area contributed by atoms with Crippen molar-refractivity contribution in [1.29, 1.82) is 0 Å². The summed E-state index contributed by atoms with van der Waals surface area (Å²) in [6.07, 6.45) is 1.94. The Bertz CT molecular complexity index is 136. The van der Waals surface area contributed by atoms with Gasteiger partial charge < -0.3 is 10.4 Å². The van der Waals surface area contributed by atoms with Gasteiger partial charge in [-0.2, -0.15) is 0 Å². The van der Waals surface area contributed by atoms with E-state index in [2.05, 4.69) is 33.0 Å². The summed E-state index contributed by atoms with van der Waals surface area (Å²) in [5, 5.41) is 12.7. The van der Waals surface area contributed by atoms with Crippen molar-refractivity contribution in [2.24, 2.45) is 11.8 Å². The van der Waals surface area contributed by atoms with Gasteiger partial charge >= 0.3 is 0 Å². The molecule has 86 valence electrons. The van der Waals surface area contributed by atoms with Crippen molar-refractivity contribution in [3.05, 3.63) is 0 Å². The molecule has 0 saturated carbocycles. The van der Waals surface area contributed by atoms with E-state index in [1.54, 1.807) is 0 Å². The van der Waals surface area contributed by atoms with Crippen molar-refractivity contribution in [3.8, 4) is 0 Å². The first-order chi connectivity index (χ1) is 6.47. The van der Waals surface area contributed by atoms with Gasteiger partial charge in [0.1, 0.15) is 0 Å². The minimum absolute atomic E-state index is 0.175. The molecule has 0 aliphatic carbocycles. The van der Waals surface area contributed by atoms with Gasteiger partial charge in [0.05, 0.1) is 6.10 Å². The van der Waals surface area contributed by atoms with Gasteiger partial charge in [-0.05, 0) is 38.6 Å². The maximum absolute atomic E-state index is 9.22. The van der Waals surface area contributed by atoms with Crippen molar-refractivity contribution < 1.29 is 5.11 Å². The van der Waals surface area contributed by atoms with Crippen LogP contribution in [0.3, 0.4) is 0 Å². The number of hydrogen-bond donors (Lipinski definition) is 2. The molecule has 14 heavy (non-hydrogen) atoms. The largest absolute Gasteiger partial charge is 0.393 e. The molecule has 0 aromatic rings. The van der Waals surface area contributed by atoms with Gasteiger partial charge in [-0.3, -0.25) is 0 Å². The zero-order chi connectivity index (χ0) is 11.1. The van der Waals surface area contributed by atoms with E-state index in [9.17, 15) is 5.11 Å². The van der Waals surface area contributed by atoms with Crippen LogP contribution in [0, 0.1) is 11.8 Å². The molecule has 2 N–H and O–H groups in total. The second kappa shape index (κ2) is 7.24. The Kier molecular flexibility index (Phi) is 7.20. The normalized spacial score (nSPS) is 20.1. The first-order valence-electron chi connectivity index (χ1n) is 5.88. The fourth-order valence-corrected chi connectivity index (χ4v) is 1.61. The molecular formula is C12H27NO. The van der Waals surface area contributed by atoms with Crippen LogP contribution < -0.4 is 5.32 Å². The van der Waals surface area contributed by atoms with Crippen LogP contribution in [0.5, 0.6) is 0 Å². The van der Waals surface area contributed by atoms with Crippen LogP contribution in [0.4, 0.5) is 0 Å². The van der Waals surface area contributed by atoms with E-state index in [0.29, 0.717) is 12.0 Å². The molecule has 0 amide bonds. The lowest BCUT2D eigenvalue weighted by molar-refractivity contribution is 0.161. The molecule has 0 saturated heterocycles. The summed E-state index contributed by atoms with van der Waals surface area (Å²) in [5.41, 5.74) is 0. The van der Waals surface area contributed by atoms with E-state index in [0.717, 1.165) is 18.9 Å². The van der Waals surface area contributed by atoms with Crippen LogP contribution in [0.2, 0.25) is 0 Å². The molecule has 4 atom stereocenters. The van der Waals surface area contributed by atoms with Crippen LogP contribution in [-0.4, -0.2) is 23.8 Å². The molecule has 0 aliphatic rings. The zero-order valence-corrected chi connectivity index (χ0v) is 10.4. The van der Waals surface area contributed by atoms with Crippen LogP contribution >= 0.6 is 0 Å². The van der Waals surface area contributed by atoms with Crippen LogP contribution in [-0.2, 0) is 0 Å². The molecule has 0 aliphatic heterocycles. The fraction of sp³-hybridized carbons (Fsp3) is 1.00. The smallest absolute Gasteiger partial charge is 0.0515 e. The monoisotopic (exact) mass is 201 g/mol. The van der Waals surface area contributed by atoms with Crippen LogP contribution in [0.25, 0.3) is 0 Å². The third-order valence-corrected chi connectivity index (χ3v) is 3.03. The summed E-state index contributed by atoms with van der Waals surface area (Å²) in [6.45, 7) is 11.8. The fourth-order valence-electron chi connectivity index (χ4n) is 1.61. The summed E-state index contributed by atoms with van der Waals surface area (Å²) < 4.78 is 0. The van der Waals surface area contributed by atoms with Gasteiger partial charge in [-0.1, -0.05) is 27.2 Å². The zero-order valence-electron chi connectivity index (χ0n) is 10.4. The van der Waals surface area contributed by atoms with E-state index < -0.39 is 0 Å². The number of aliphatic hydroxyl groups excluding tert-OH is 1. The molecule has 0 aromatic carbocycles. The van der Waals surface area contributed by atoms with E-state index in [1.807, 2.05) is 6.92 Å². The molecule has 0 heterocycles. The van der Waals surface area contributed by atoms with E-state index in [4.69, 9.17) is 0 Å². The molecule has 0 bridgehead atoms. The second-order valence-corrected chi connectivity index (χ2v) is 4.77. The highest BCUT2D eigenvalue weighted by Gasteiger charge is 2.11. The van der Waals surface area contributed by atoms with Gasteiger partial charge in [0.15, 0.2) is 0 Å². The molecular weight excluding hydrogens is 174 g/mol. The first kappa shape index (κ1) is 13.9. The minimum atomic E-state index is -0.175. The first-order valence-corrected chi connectivity index (χ1v) is 5.88. The average molecular weight is 201 g/mol. The average Bonchev–Trinajstić information content (AvgIpc) is 2.11. The predicted molar refractivity (Wildman–Crippen MR) is 62.4 cm³/mol. The highest BCUT2D eigenvalue weighted by molar-refractivity contribution is 4.69. The quantitative estimate of drug-likeness (QED) is 0.663. The summed E-state index contributed by atoms with van der Waals surface area (Å²) in [5.74, 6) is 1.29. The van der Waals surface area contributed by atoms with Gasteiger partial charge in [-0.25, -0.2) is 0 Å². The highest BCUT2D eigenvalue weighted by atomic mass is 16.3. The Labute approximate surface area is 89.1 Å². The van der Waals surface area contributed by atoms with Gasteiger partial charge in [0.2, 0.25) is 0 Å². The summed E-state index contributed by atoms with van der Waals surface area (Å²) in [7, 11) is 0. The molecule has 0 spiro atoms. The third kappa shape index (κ3) is 6.39. The van der Waals surface area contributed by atoms with Gasteiger partial charge in [0.25, 0.3) is 0 Å². The van der Waals surface area contributed by atoms with Crippen molar-refractivity contribution in [2.75, 3.05) is 6.54 Å². The lowest BCUT2D eigenvalue weighted by Crippen LogP contribution is -2.35. The molecule has 4 unspecified atom stereocenters. The standard InChI is InChI=1S/C12H27NO/c1-6-10(3)12(5)13-8-9(2)7-11(4)14/h9-14H,6-8H2,1-5H3. The molecule has 0 radical (unpaired) electrons. The van der Waals surface area contributed by atoms with Gasteiger partial charge in [-0.15, -0.1) is 0 Å². The maximum Gasteiger partial charge on any atom is 0.0515 e. The van der Waals surface area contributed by atoms with Crippen molar-refractivity contribution in [1.82, 2.24) is 5.32 Å². The summed E-state index contributed by atoms with van der Waals surface area (Å²) in [6, 6.07) is 0.580. The second-order valence-electron chi connectivity index (χ2n) is 4.77. The molecule has 2 heteroatoms.